The number of carbonyl (C=O) groups is 2. The van der Waals surface area contributed by atoms with Gasteiger partial charge in [0.05, 0.1) is 11.6 Å². The van der Waals surface area contributed by atoms with Gasteiger partial charge in [0, 0.05) is 13.6 Å². The number of rotatable bonds is 6. The van der Waals surface area contributed by atoms with Crippen molar-refractivity contribution >= 4 is 35.1 Å². The lowest BCUT2D eigenvalue weighted by Crippen LogP contribution is -2.37. The third kappa shape index (κ3) is 3.77. The van der Waals surface area contributed by atoms with E-state index in [4.69, 9.17) is 27.9 Å². The summed E-state index contributed by atoms with van der Waals surface area (Å²) < 4.78 is 6.30. The molecule has 0 aliphatic heterocycles. The van der Waals surface area contributed by atoms with E-state index in [0.717, 1.165) is 0 Å². The van der Waals surface area contributed by atoms with Crippen LogP contribution in [-0.2, 0) is 16.6 Å². The van der Waals surface area contributed by atoms with E-state index in [0.29, 0.717) is 5.69 Å². The minimum atomic E-state index is -0.478. The molecular formula is C13H16Cl2N2O3. The van der Waals surface area contributed by atoms with Crippen LogP contribution in [0.5, 0.6) is 0 Å². The Hall–Kier alpha value is -1.46. The van der Waals surface area contributed by atoms with Gasteiger partial charge in [-0.15, -0.1) is 6.58 Å². The smallest absolute Gasteiger partial charge is 0.325 e. The molecule has 5 nitrogen and oxygen atoms in total. The molecule has 1 heterocycles. The third-order valence-electron chi connectivity index (χ3n) is 2.60. The van der Waals surface area contributed by atoms with Crippen molar-refractivity contribution in [2.45, 2.75) is 6.92 Å². The molecular weight excluding hydrogens is 303 g/mol. The lowest BCUT2D eigenvalue weighted by atomic mass is 10.3. The minimum absolute atomic E-state index is 0.154. The Morgan fingerprint density at radius 3 is 2.60 bits per heavy atom. The summed E-state index contributed by atoms with van der Waals surface area (Å²) >= 11 is 11.8. The molecule has 1 aromatic heterocycles. The minimum Gasteiger partial charge on any atom is -0.465 e. The van der Waals surface area contributed by atoms with E-state index in [2.05, 4.69) is 6.58 Å². The van der Waals surface area contributed by atoms with Crippen LogP contribution in [0.4, 0.5) is 0 Å². The Morgan fingerprint density at radius 1 is 1.50 bits per heavy atom. The SMILES string of the molecule is C=CCN(CC(=O)OCC)C(=O)c1cc(Cl)c(Cl)n1C. The Morgan fingerprint density at radius 2 is 2.15 bits per heavy atom. The number of carbonyl (C=O) groups excluding carboxylic acids is 2. The highest BCUT2D eigenvalue weighted by atomic mass is 35.5. The molecule has 0 saturated carbocycles. The first-order chi connectivity index (χ1) is 9.42. The van der Waals surface area contributed by atoms with Crippen LogP contribution < -0.4 is 0 Å². The van der Waals surface area contributed by atoms with E-state index in [9.17, 15) is 9.59 Å². The first-order valence-electron chi connectivity index (χ1n) is 5.98. The fourth-order valence-electron chi connectivity index (χ4n) is 1.65. The summed E-state index contributed by atoms with van der Waals surface area (Å²) in [4.78, 5) is 25.2. The monoisotopic (exact) mass is 318 g/mol. The zero-order valence-corrected chi connectivity index (χ0v) is 12.9. The molecule has 1 aromatic rings. The van der Waals surface area contributed by atoms with Gasteiger partial charge in [-0.25, -0.2) is 0 Å². The zero-order chi connectivity index (χ0) is 15.3. The average molecular weight is 319 g/mol. The maximum absolute atomic E-state index is 12.4. The van der Waals surface area contributed by atoms with Crippen molar-refractivity contribution in [3.8, 4) is 0 Å². The van der Waals surface area contributed by atoms with Gasteiger partial charge in [0.2, 0.25) is 0 Å². The molecule has 0 atom stereocenters. The lowest BCUT2D eigenvalue weighted by molar-refractivity contribution is -0.143. The Bertz CT molecular complexity index is 526. The van der Waals surface area contributed by atoms with Crippen molar-refractivity contribution in [2.24, 2.45) is 7.05 Å². The highest BCUT2D eigenvalue weighted by Gasteiger charge is 2.23. The van der Waals surface area contributed by atoms with E-state index in [1.54, 1.807) is 14.0 Å². The summed E-state index contributed by atoms with van der Waals surface area (Å²) in [6, 6.07) is 1.47. The molecule has 0 aliphatic carbocycles. The van der Waals surface area contributed by atoms with Crippen molar-refractivity contribution < 1.29 is 14.3 Å². The summed E-state index contributed by atoms with van der Waals surface area (Å²) in [5.41, 5.74) is 0.297. The normalized spacial score (nSPS) is 10.2. The van der Waals surface area contributed by atoms with Crippen LogP contribution in [-0.4, -0.2) is 41.0 Å². The van der Waals surface area contributed by atoms with Gasteiger partial charge in [0.15, 0.2) is 0 Å². The predicted molar refractivity (Wildman–Crippen MR) is 78.2 cm³/mol. The summed E-state index contributed by atoms with van der Waals surface area (Å²) in [6.07, 6.45) is 1.53. The molecule has 20 heavy (non-hydrogen) atoms. The maximum atomic E-state index is 12.4. The van der Waals surface area contributed by atoms with E-state index in [1.165, 1.54) is 21.6 Å². The van der Waals surface area contributed by atoms with Crippen molar-refractivity contribution in [3.63, 3.8) is 0 Å². The van der Waals surface area contributed by atoms with Crippen LogP contribution in [0, 0.1) is 0 Å². The van der Waals surface area contributed by atoms with E-state index in [-0.39, 0.29) is 35.8 Å². The lowest BCUT2D eigenvalue weighted by Gasteiger charge is -2.20. The highest BCUT2D eigenvalue weighted by Crippen LogP contribution is 2.25. The molecule has 0 saturated heterocycles. The van der Waals surface area contributed by atoms with Gasteiger partial charge in [0.1, 0.15) is 17.4 Å². The van der Waals surface area contributed by atoms with E-state index in [1.807, 2.05) is 0 Å². The number of ether oxygens (including phenoxy) is 1. The number of nitrogens with zero attached hydrogens (tertiary/aromatic N) is 2. The van der Waals surface area contributed by atoms with Gasteiger partial charge < -0.3 is 14.2 Å². The van der Waals surface area contributed by atoms with Gasteiger partial charge in [-0.2, -0.15) is 0 Å². The van der Waals surface area contributed by atoms with E-state index < -0.39 is 5.97 Å². The number of amides is 1. The van der Waals surface area contributed by atoms with Crippen molar-refractivity contribution in [3.05, 3.63) is 34.6 Å². The second kappa shape index (κ2) is 7.36. The second-order valence-electron chi connectivity index (χ2n) is 4.01. The summed E-state index contributed by atoms with van der Waals surface area (Å²) in [6.45, 7) is 5.60. The first-order valence-corrected chi connectivity index (χ1v) is 6.74. The molecule has 0 spiro atoms. The standard InChI is InChI=1S/C13H16Cl2N2O3/c1-4-6-17(8-11(18)20-5-2)13(19)10-7-9(14)12(15)16(10)3/h4,7H,1,5-6,8H2,2-3H3. The van der Waals surface area contributed by atoms with Crippen molar-refractivity contribution in [1.82, 2.24) is 9.47 Å². The first kappa shape index (κ1) is 16.6. The summed E-state index contributed by atoms with van der Waals surface area (Å²) in [5.74, 6) is -0.844. The molecule has 1 amide bonds. The largest absolute Gasteiger partial charge is 0.465 e. The number of esters is 1. The third-order valence-corrected chi connectivity index (χ3v) is 3.44. The quantitative estimate of drug-likeness (QED) is 0.598. The molecule has 110 valence electrons. The zero-order valence-electron chi connectivity index (χ0n) is 11.4. The fraction of sp³-hybridized carbons (Fsp3) is 0.385. The molecule has 1 rings (SSSR count). The summed E-state index contributed by atoms with van der Waals surface area (Å²) in [7, 11) is 1.62. The molecule has 0 aromatic carbocycles. The number of halogens is 2. The number of hydrogen-bond acceptors (Lipinski definition) is 3. The second-order valence-corrected chi connectivity index (χ2v) is 4.77. The molecule has 0 aliphatic rings. The topological polar surface area (TPSA) is 51.5 Å². The van der Waals surface area contributed by atoms with Crippen LogP contribution in [0.3, 0.4) is 0 Å². The Labute approximate surface area is 127 Å². The van der Waals surface area contributed by atoms with Gasteiger partial charge in [-0.3, -0.25) is 9.59 Å². The predicted octanol–water partition coefficient (Wildman–Crippen LogP) is 2.52. The van der Waals surface area contributed by atoms with Gasteiger partial charge in [0.25, 0.3) is 5.91 Å². The van der Waals surface area contributed by atoms with Crippen LogP contribution in [0.1, 0.15) is 17.4 Å². The molecule has 7 heteroatoms. The molecule has 0 N–H and O–H groups in total. The van der Waals surface area contributed by atoms with Crippen molar-refractivity contribution in [2.75, 3.05) is 19.7 Å². The average Bonchev–Trinajstić information content (AvgIpc) is 2.65. The van der Waals surface area contributed by atoms with Gasteiger partial charge >= 0.3 is 5.97 Å². The molecule has 0 bridgehead atoms. The molecule has 0 fully saturated rings. The number of aromatic nitrogens is 1. The van der Waals surface area contributed by atoms with E-state index >= 15 is 0 Å². The summed E-state index contributed by atoms with van der Waals surface area (Å²) in [5, 5.41) is 0.553. The van der Waals surface area contributed by atoms with Gasteiger partial charge in [-0.05, 0) is 13.0 Å². The maximum Gasteiger partial charge on any atom is 0.325 e. The van der Waals surface area contributed by atoms with Gasteiger partial charge in [-0.1, -0.05) is 29.3 Å². The molecule has 0 unspecified atom stereocenters. The molecule has 0 radical (unpaired) electrons. The Kier molecular flexibility index (Phi) is 6.10. The van der Waals surface area contributed by atoms with Crippen LogP contribution in [0.2, 0.25) is 10.2 Å². The highest BCUT2D eigenvalue weighted by molar-refractivity contribution is 6.41. The van der Waals surface area contributed by atoms with Crippen LogP contribution in [0.25, 0.3) is 0 Å². The van der Waals surface area contributed by atoms with Crippen LogP contribution >= 0.6 is 23.2 Å². The Balaban J connectivity index is 2.96. The fourth-order valence-corrected chi connectivity index (χ4v) is 2.02. The number of hydrogen-bond donors (Lipinski definition) is 0. The van der Waals surface area contributed by atoms with Crippen molar-refractivity contribution in [1.29, 1.82) is 0 Å². The van der Waals surface area contributed by atoms with Crippen LogP contribution in [0.15, 0.2) is 18.7 Å².